The number of fused-ring (bicyclic) bond motifs is 1. The van der Waals surface area contributed by atoms with Crippen LogP contribution in [0.5, 0.6) is 0 Å². The highest BCUT2D eigenvalue weighted by molar-refractivity contribution is 7.90. The number of benzene rings is 2. The molecule has 6 nitrogen and oxygen atoms in total. The van der Waals surface area contributed by atoms with E-state index in [0.29, 0.717) is 17.3 Å². The number of aryl methyl sites for hydroxylation is 1. The Labute approximate surface area is 146 Å². The molecule has 1 heterocycles. The highest BCUT2D eigenvalue weighted by Gasteiger charge is 2.41. The van der Waals surface area contributed by atoms with Gasteiger partial charge in [0, 0.05) is 6.54 Å². The molecule has 0 fully saturated rings. The van der Waals surface area contributed by atoms with Crippen molar-refractivity contribution in [2.45, 2.75) is 18.2 Å². The molecule has 25 heavy (non-hydrogen) atoms. The lowest BCUT2D eigenvalue weighted by Gasteiger charge is -2.15. The lowest BCUT2D eigenvalue weighted by atomic mass is 10.1. The minimum Gasteiger partial charge on any atom is -0.354 e. The fourth-order valence-electron chi connectivity index (χ4n) is 2.80. The van der Waals surface area contributed by atoms with Gasteiger partial charge in [-0.05, 0) is 36.6 Å². The van der Waals surface area contributed by atoms with Gasteiger partial charge in [-0.1, -0.05) is 36.4 Å². The van der Waals surface area contributed by atoms with E-state index in [9.17, 15) is 18.0 Å². The maximum atomic E-state index is 12.4. The molecule has 2 amide bonds. The summed E-state index contributed by atoms with van der Waals surface area (Å²) in [5, 5.41) is 2.67. The summed E-state index contributed by atoms with van der Waals surface area (Å²) in [5.41, 5.74) is 2.35. The maximum Gasteiger partial charge on any atom is 0.269 e. The monoisotopic (exact) mass is 358 g/mol. The Morgan fingerprint density at radius 1 is 1.08 bits per heavy atom. The zero-order valence-electron chi connectivity index (χ0n) is 13.7. The zero-order chi connectivity index (χ0) is 18.0. The third-order valence-electron chi connectivity index (χ3n) is 4.18. The molecule has 2 aromatic carbocycles. The van der Waals surface area contributed by atoms with Gasteiger partial charge in [0.15, 0.2) is 0 Å². The molecule has 0 bridgehead atoms. The Bertz CT molecular complexity index is 938. The lowest BCUT2D eigenvalue weighted by Crippen LogP contribution is -2.40. The minimum atomic E-state index is -3.95. The van der Waals surface area contributed by atoms with E-state index in [-0.39, 0.29) is 10.5 Å². The molecule has 0 aliphatic carbocycles. The molecule has 2 aromatic rings. The number of sulfonamides is 1. The van der Waals surface area contributed by atoms with Crippen molar-refractivity contribution in [1.29, 1.82) is 0 Å². The summed E-state index contributed by atoms with van der Waals surface area (Å²) in [6, 6.07) is 13.8. The summed E-state index contributed by atoms with van der Waals surface area (Å²) in [4.78, 5) is 24.3. The van der Waals surface area contributed by atoms with Crippen LogP contribution in [0, 0.1) is 6.92 Å². The molecule has 130 valence electrons. The molecule has 0 unspecified atom stereocenters. The Morgan fingerprint density at radius 3 is 2.48 bits per heavy atom. The third kappa shape index (κ3) is 3.28. The number of amides is 2. The highest BCUT2D eigenvalue weighted by atomic mass is 32.2. The minimum absolute atomic E-state index is 0.0484. The van der Waals surface area contributed by atoms with Gasteiger partial charge in [-0.2, -0.15) is 0 Å². The first-order chi connectivity index (χ1) is 11.9. The summed E-state index contributed by atoms with van der Waals surface area (Å²) in [6.45, 7) is 1.85. The number of nitrogens with zero attached hydrogens (tertiary/aromatic N) is 1. The van der Waals surface area contributed by atoms with Crippen molar-refractivity contribution in [3.05, 3.63) is 65.2 Å². The number of rotatable bonds is 5. The van der Waals surface area contributed by atoms with Crippen LogP contribution in [0.15, 0.2) is 53.4 Å². The molecular formula is C18H18N2O4S. The molecule has 0 atom stereocenters. The second-order valence-electron chi connectivity index (χ2n) is 5.84. The molecule has 0 aromatic heterocycles. The molecule has 1 aliphatic heterocycles. The van der Waals surface area contributed by atoms with Crippen molar-refractivity contribution in [2.75, 3.05) is 13.1 Å². The fraction of sp³-hybridized carbons (Fsp3) is 0.222. The Morgan fingerprint density at radius 2 is 1.76 bits per heavy atom. The standard InChI is InChI=1S/C18H18N2O4S/c1-13-6-2-3-7-14(13)10-11-19-17(21)12-20-18(22)15-8-4-5-9-16(15)25(20,23)24/h2-9H,10-12H2,1H3,(H,19,21). The maximum absolute atomic E-state index is 12.4. The normalized spacial score (nSPS) is 15.1. The van der Waals surface area contributed by atoms with Gasteiger partial charge in [-0.3, -0.25) is 9.59 Å². The van der Waals surface area contributed by atoms with E-state index in [1.165, 1.54) is 12.1 Å². The Hall–Kier alpha value is -2.67. The van der Waals surface area contributed by atoms with Gasteiger partial charge in [0.05, 0.1) is 5.56 Å². The van der Waals surface area contributed by atoms with Crippen LogP contribution >= 0.6 is 0 Å². The van der Waals surface area contributed by atoms with Crippen LogP contribution in [0.3, 0.4) is 0 Å². The van der Waals surface area contributed by atoms with E-state index in [1.54, 1.807) is 12.1 Å². The number of hydrogen-bond acceptors (Lipinski definition) is 4. The molecular weight excluding hydrogens is 340 g/mol. The van der Waals surface area contributed by atoms with E-state index in [4.69, 9.17) is 0 Å². The van der Waals surface area contributed by atoms with Crippen molar-refractivity contribution < 1.29 is 18.0 Å². The second-order valence-corrected chi connectivity index (χ2v) is 7.67. The largest absolute Gasteiger partial charge is 0.354 e. The summed E-state index contributed by atoms with van der Waals surface area (Å²) < 4.78 is 25.4. The first kappa shape index (κ1) is 17.2. The Kier molecular flexibility index (Phi) is 4.59. The fourth-order valence-corrected chi connectivity index (χ4v) is 4.33. The zero-order valence-corrected chi connectivity index (χ0v) is 14.5. The average Bonchev–Trinajstić information content (AvgIpc) is 2.78. The number of carbonyl (C=O) groups excluding carboxylic acids is 2. The topological polar surface area (TPSA) is 83.6 Å². The van der Waals surface area contributed by atoms with Crippen LogP contribution in [0.2, 0.25) is 0 Å². The average molecular weight is 358 g/mol. The summed E-state index contributed by atoms with van der Waals surface area (Å²) in [5.74, 6) is -1.16. The van der Waals surface area contributed by atoms with Crippen LogP contribution in [0.25, 0.3) is 0 Å². The summed E-state index contributed by atoms with van der Waals surface area (Å²) in [6.07, 6.45) is 0.638. The predicted octanol–water partition coefficient (Wildman–Crippen LogP) is 1.50. The number of carbonyl (C=O) groups is 2. The first-order valence-electron chi connectivity index (χ1n) is 7.88. The molecule has 0 saturated carbocycles. The van der Waals surface area contributed by atoms with E-state index in [2.05, 4.69) is 5.32 Å². The SMILES string of the molecule is Cc1ccccc1CCNC(=O)CN1C(=O)c2ccccc2S1(=O)=O. The highest BCUT2D eigenvalue weighted by Crippen LogP contribution is 2.29. The van der Waals surface area contributed by atoms with Gasteiger partial charge in [0.2, 0.25) is 5.91 Å². The molecule has 3 rings (SSSR count). The lowest BCUT2D eigenvalue weighted by molar-refractivity contribution is -0.121. The first-order valence-corrected chi connectivity index (χ1v) is 9.32. The van der Waals surface area contributed by atoms with Gasteiger partial charge in [-0.15, -0.1) is 0 Å². The number of hydrogen-bond donors (Lipinski definition) is 1. The summed E-state index contributed by atoms with van der Waals surface area (Å²) >= 11 is 0. The van der Waals surface area contributed by atoms with Gasteiger partial charge < -0.3 is 5.32 Å². The van der Waals surface area contributed by atoms with Gasteiger partial charge >= 0.3 is 0 Å². The van der Waals surface area contributed by atoms with Crippen LogP contribution < -0.4 is 5.32 Å². The van der Waals surface area contributed by atoms with Gasteiger partial charge in [0.1, 0.15) is 11.4 Å². The van der Waals surface area contributed by atoms with Crippen LogP contribution in [0.4, 0.5) is 0 Å². The second kappa shape index (κ2) is 6.68. The smallest absolute Gasteiger partial charge is 0.269 e. The van der Waals surface area contributed by atoms with Crippen molar-refractivity contribution in [2.24, 2.45) is 0 Å². The van der Waals surface area contributed by atoms with Crippen molar-refractivity contribution in [3.8, 4) is 0 Å². The number of nitrogens with one attached hydrogen (secondary N) is 1. The summed E-state index contributed by atoms with van der Waals surface area (Å²) in [7, 11) is -3.95. The van der Waals surface area contributed by atoms with Crippen LogP contribution in [-0.2, 0) is 21.2 Å². The quantitative estimate of drug-likeness (QED) is 0.878. The predicted molar refractivity (Wildman–Crippen MR) is 92.6 cm³/mol. The van der Waals surface area contributed by atoms with Crippen LogP contribution in [0.1, 0.15) is 21.5 Å². The molecule has 0 radical (unpaired) electrons. The van der Waals surface area contributed by atoms with Gasteiger partial charge in [-0.25, -0.2) is 12.7 Å². The van der Waals surface area contributed by atoms with E-state index < -0.39 is 28.4 Å². The Balaban J connectivity index is 1.62. The molecule has 1 aliphatic rings. The van der Waals surface area contributed by atoms with Crippen molar-refractivity contribution in [1.82, 2.24) is 9.62 Å². The molecule has 1 N–H and O–H groups in total. The third-order valence-corrected chi connectivity index (χ3v) is 5.96. The van der Waals surface area contributed by atoms with E-state index >= 15 is 0 Å². The molecule has 7 heteroatoms. The van der Waals surface area contributed by atoms with E-state index in [1.807, 2.05) is 31.2 Å². The van der Waals surface area contributed by atoms with Gasteiger partial charge in [0.25, 0.3) is 15.9 Å². The molecule has 0 spiro atoms. The molecule has 0 saturated heterocycles. The van der Waals surface area contributed by atoms with Crippen LogP contribution in [-0.4, -0.2) is 37.6 Å². The van der Waals surface area contributed by atoms with Crippen molar-refractivity contribution in [3.63, 3.8) is 0 Å². The van der Waals surface area contributed by atoms with Crippen molar-refractivity contribution >= 4 is 21.8 Å². The van der Waals surface area contributed by atoms with E-state index in [0.717, 1.165) is 11.1 Å².